The first-order chi connectivity index (χ1) is 11.6. The summed E-state index contributed by atoms with van der Waals surface area (Å²) in [5, 5.41) is 12.5. The lowest BCUT2D eigenvalue weighted by atomic mass is 10.1. The van der Waals surface area contributed by atoms with Crippen molar-refractivity contribution in [3.63, 3.8) is 0 Å². The van der Waals surface area contributed by atoms with E-state index in [0.29, 0.717) is 27.8 Å². The molecule has 1 aromatic heterocycles. The summed E-state index contributed by atoms with van der Waals surface area (Å²) in [6, 6.07) is 16.0. The van der Waals surface area contributed by atoms with E-state index in [2.05, 4.69) is 5.32 Å². The molecule has 0 bridgehead atoms. The van der Waals surface area contributed by atoms with E-state index in [9.17, 15) is 4.79 Å². The van der Waals surface area contributed by atoms with Crippen LogP contribution in [0.25, 0.3) is 11.3 Å². The number of aryl methyl sites for hydroxylation is 1. The van der Waals surface area contributed by atoms with Gasteiger partial charge in [0.2, 0.25) is 0 Å². The first kappa shape index (κ1) is 16.3. The fourth-order valence-corrected chi connectivity index (χ4v) is 2.49. The van der Waals surface area contributed by atoms with Crippen LogP contribution in [-0.2, 0) is 6.61 Å². The van der Waals surface area contributed by atoms with Gasteiger partial charge in [0, 0.05) is 21.8 Å². The van der Waals surface area contributed by atoms with Crippen LogP contribution in [0.1, 0.15) is 21.7 Å². The van der Waals surface area contributed by atoms with Gasteiger partial charge in [-0.15, -0.1) is 0 Å². The molecule has 0 fully saturated rings. The number of carbonyl (C=O) groups is 1. The van der Waals surface area contributed by atoms with E-state index in [0.717, 1.165) is 11.1 Å². The molecule has 2 N–H and O–H groups in total. The summed E-state index contributed by atoms with van der Waals surface area (Å²) in [5.74, 6) is 0.895. The Morgan fingerprint density at radius 3 is 2.71 bits per heavy atom. The number of anilines is 1. The minimum Gasteiger partial charge on any atom is -0.459 e. The van der Waals surface area contributed by atoms with Gasteiger partial charge in [-0.2, -0.15) is 0 Å². The van der Waals surface area contributed by atoms with E-state index in [1.807, 2.05) is 31.2 Å². The monoisotopic (exact) mass is 341 g/mol. The standard InChI is InChI=1S/C19H16ClNO3/c1-12-5-6-14(10-17(12)20)19(23)21-15-4-2-3-13(9-15)18-8-7-16(11-22)24-18/h2-10,22H,11H2,1H3,(H,21,23). The normalized spacial score (nSPS) is 10.6. The minimum absolute atomic E-state index is 0.148. The lowest BCUT2D eigenvalue weighted by Gasteiger charge is -2.08. The minimum atomic E-state index is -0.232. The molecule has 0 saturated heterocycles. The molecule has 24 heavy (non-hydrogen) atoms. The maximum Gasteiger partial charge on any atom is 0.255 e. The molecule has 0 saturated carbocycles. The van der Waals surface area contributed by atoms with Crippen LogP contribution in [0.15, 0.2) is 59.0 Å². The average molecular weight is 342 g/mol. The zero-order valence-electron chi connectivity index (χ0n) is 13.0. The third-order valence-electron chi connectivity index (χ3n) is 3.66. The number of carbonyl (C=O) groups excluding carboxylic acids is 1. The van der Waals surface area contributed by atoms with Crippen molar-refractivity contribution in [2.45, 2.75) is 13.5 Å². The maximum absolute atomic E-state index is 12.3. The van der Waals surface area contributed by atoms with Gasteiger partial charge in [-0.3, -0.25) is 4.79 Å². The quantitative estimate of drug-likeness (QED) is 0.725. The van der Waals surface area contributed by atoms with Crippen molar-refractivity contribution in [1.29, 1.82) is 0 Å². The molecule has 122 valence electrons. The van der Waals surface area contributed by atoms with Crippen molar-refractivity contribution < 1.29 is 14.3 Å². The van der Waals surface area contributed by atoms with Crippen molar-refractivity contribution in [3.8, 4) is 11.3 Å². The van der Waals surface area contributed by atoms with Crippen molar-refractivity contribution in [2.24, 2.45) is 0 Å². The van der Waals surface area contributed by atoms with Gasteiger partial charge in [-0.1, -0.05) is 29.8 Å². The van der Waals surface area contributed by atoms with Gasteiger partial charge in [0.05, 0.1) is 0 Å². The largest absolute Gasteiger partial charge is 0.459 e. The number of hydrogen-bond donors (Lipinski definition) is 2. The number of rotatable bonds is 4. The van der Waals surface area contributed by atoms with Crippen LogP contribution in [0, 0.1) is 6.92 Å². The Morgan fingerprint density at radius 2 is 2.00 bits per heavy atom. The molecular formula is C19H16ClNO3. The highest BCUT2D eigenvalue weighted by Gasteiger charge is 2.10. The molecule has 0 atom stereocenters. The second-order valence-corrected chi connectivity index (χ2v) is 5.83. The molecule has 0 unspecified atom stereocenters. The van der Waals surface area contributed by atoms with Gasteiger partial charge in [0.1, 0.15) is 18.1 Å². The molecule has 2 aromatic carbocycles. The number of hydrogen-bond acceptors (Lipinski definition) is 3. The molecule has 3 aromatic rings. The summed E-state index contributed by atoms with van der Waals surface area (Å²) in [6.45, 7) is 1.74. The Bertz CT molecular complexity index is 886. The SMILES string of the molecule is Cc1ccc(C(=O)Nc2cccc(-c3ccc(CO)o3)c2)cc1Cl. The zero-order chi connectivity index (χ0) is 17.1. The summed E-state index contributed by atoms with van der Waals surface area (Å²) in [4.78, 5) is 12.3. The van der Waals surface area contributed by atoms with E-state index >= 15 is 0 Å². The molecular weight excluding hydrogens is 326 g/mol. The zero-order valence-corrected chi connectivity index (χ0v) is 13.8. The fourth-order valence-electron chi connectivity index (χ4n) is 2.31. The highest BCUT2D eigenvalue weighted by atomic mass is 35.5. The summed E-state index contributed by atoms with van der Waals surface area (Å²) >= 11 is 6.07. The van der Waals surface area contributed by atoms with E-state index in [1.54, 1.807) is 30.3 Å². The summed E-state index contributed by atoms with van der Waals surface area (Å²) in [7, 11) is 0. The van der Waals surface area contributed by atoms with Crippen LogP contribution in [-0.4, -0.2) is 11.0 Å². The number of aliphatic hydroxyl groups is 1. The number of furan rings is 1. The first-order valence-electron chi connectivity index (χ1n) is 7.44. The Kier molecular flexibility index (Phi) is 4.69. The van der Waals surface area contributed by atoms with E-state index in [4.69, 9.17) is 21.1 Å². The Morgan fingerprint density at radius 1 is 1.17 bits per heavy atom. The van der Waals surface area contributed by atoms with Crippen LogP contribution in [0.5, 0.6) is 0 Å². The Balaban J connectivity index is 1.81. The molecule has 3 rings (SSSR count). The van der Waals surface area contributed by atoms with Gasteiger partial charge >= 0.3 is 0 Å². The second kappa shape index (κ2) is 6.91. The van der Waals surface area contributed by atoms with Gasteiger partial charge in [-0.25, -0.2) is 0 Å². The van der Waals surface area contributed by atoms with E-state index in [-0.39, 0.29) is 12.5 Å². The topological polar surface area (TPSA) is 62.5 Å². The van der Waals surface area contributed by atoms with E-state index in [1.165, 1.54) is 0 Å². The third-order valence-corrected chi connectivity index (χ3v) is 4.06. The van der Waals surface area contributed by atoms with Gasteiger partial charge in [0.25, 0.3) is 5.91 Å². The Hall–Kier alpha value is -2.56. The predicted molar refractivity (Wildman–Crippen MR) is 94.2 cm³/mol. The molecule has 0 spiro atoms. The van der Waals surface area contributed by atoms with Crippen LogP contribution in [0.2, 0.25) is 5.02 Å². The molecule has 1 amide bonds. The number of benzene rings is 2. The molecule has 0 radical (unpaired) electrons. The van der Waals surface area contributed by atoms with Crippen molar-refractivity contribution in [1.82, 2.24) is 0 Å². The first-order valence-corrected chi connectivity index (χ1v) is 7.82. The van der Waals surface area contributed by atoms with Crippen LogP contribution < -0.4 is 5.32 Å². The van der Waals surface area contributed by atoms with Crippen LogP contribution in [0.4, 0.5) is 5.69 Å². The lowest BCUT2D eigenvalue weighted by molar-refractivity contribution is 0.102. The number of aliphatic hydroxyl groups excluding tert-OH is 1. The molecule has 1 heterocycles. The summed E-state index contributed by atoms with van der Waals surface area (Å²) in [5.41, 5.74) is 2.88. The van der Waals surface area contributed by atoms with Crippen molar-refractivity contribution >= 4 is 23.2 Å². The number of halogens is 1. The highest BCUT2D eigenvalue weighted by Crippen LogP contribution is 2.25. The van der Waals surface area contributed by atoms with Gasteiger partial charge in [-0.05, 0) is 48.9 Å². The second-order valence-electron chi connectivity index (χ2n) is 5.42. The third kappa shape index (κ3) is 3.50. The summed E-state index contributed by atoms with van der Waals surface area (Å²) < 4.78 is 5.51. The molecule has 5 heteroatoms. The summed E-state index contributed by atoms with van der Waals surface area (Å²) in [6.07, 6.45) is 0. The molecule has 0 aliphatic heterocycles. The maximum atomic E-state index is 12.3. The number of amides is 1. The smallest absolute Gasteiger partial charge is 0.255 e. The van der Waals surface area contributed by atoms with Crippen LogP contribution >= 0.6 is 11.6 Å². The fraction of sp³-hybridized carbons (Fsp3) is 0.105. The van der Waals surface area contributed by atoms with E-state index < -0.39 is 0 Å². The molecule has 4 nitrogen and oxygen atoms in total. The molecule has 0 aliphatic carbocycles. The van der Waals surface area contributed by atoms with Gasteiger partial charge < -0.3 is 14.8 Å². The molecule has 0 aliphatic rings. The van der Waals surface area contributed by atoms with Gasteiger partial charge in [0.15, 0.2) is 0 Å². The average Bonchev–Trinajstić information content (AvgIpc) is 3.07. The predicted octanol–water partition coefficient (Wildman–Crippen LogP) is 4.65. The van der Waals surface area contributed by atoms with Crippen molar-refractivity contribution in [3.05, 3.63) is 76.5 Å². The van der Waals surface area contributed by atoms with Crippen molar-refractivity contribution in [2.75, 3.05) is 5.32 Å². The Labute approximate surface area is 144 Å². The van der Waals surface area contributed by atoms with Crippen LogP contribution in [0.3, 0.4) is 0 Å². The lowest BCUT2D eigenvalue weighted by Crippen LogP contribution is -2.11. The highest BCUT2D eigenvalue weighted by molar-refractivity contribution is 6.31. The number of nitrogens with one attached hydrogen (secondary N) is 1.